The molecule has 1 atom stereocenters. The van der Waals surface area contributed by atoms with E-state index in [4.69, 9.17) is 0 Å². The topological polar surface area (TPSA) is 12.0 Å². The molecule has 0 aromatic heterocycles. The first kappa shape index (κ1) is 8.61. The summed E-state index contributed by atoms with van der Waals surface area (Å²) in [6.07, 6.45) is 2.50. The Balaban J connectivity index is 2.20. The van der Waals surface area contributed by atoms with Crippen molar-refractivity contribution < 1.29 is 0 Å². The molecule has 0 radical (unpaired) electrons. The van der Waals surface area contributed by atoms with Crippen molar-refractivity contribution in [3.05, 3.63) is 29.8 Å². The Morgan fingerprint density at radius 1 is 1.31 bits per heavy atom. The van der Waals surface area contributed by atoms with Gasteiger partial charge in [0.1, 0.15) is 0 Å². The molecule has 1 aromatic carbocycles. The minimum absolute atomic E-state index is 0.662. The normalized spacial score (nSPS) is 21.0. The highest BCUT2D eigenvalue weighted by Crippen LogP contribution is 2.26. The number of aryl methyl sites for hydroxylation is 1. The first-order chi connectivity index (χ1) is 6.27. The first-order valence-corrected chi connectivity index (χ1v) is 5.12. The predicted molar refractivity (Wildman–Crippen MR) is 57.0 cm³/mol. The van der Waals surface area contributed by atoms with Gasteiger partial charge in [-0.1, -0.05) is 32.0 Å². The minimum atomic E-state index is 0.662. The third-order valence-corrected chi connectivity index (χ3v) is 2.89. The lowest BCUT2D eigenvalue weighted by atomic mass is 9.92. The van der Waals surface area contributed by atoms with Crippen molar-refractivity contribution in [3.63, 3.8) is 0 Å². The average Bonchev–Trinajstić information content (AvgIpc) is 2.17. The van der Waals surface area contributed by atoms with Crippen molar-refractivity contribution in [2.75, 3.05) is 5.32 Å². The van der Waals surface area contributed by atoms with Gasteiger partial charge in [-0.15, -0.1) is 0 Å². The fourth-order valence-electron chi connectivity index (χ4n) is 1.96. The number of hydrogen-bond donors (Lipinski definition) is 1. The van der Waals surface area contributed by atoms with Crippen LogP contribution < -0.4 is 5.32 Å². The maximum atomic E-state index is 3.60. The van der Waals surface area contributed by atoms with Gasteiger partial charge in [-0.2, -0.15) is 0 Å². The summed E-state index contributed by atoms with van der Waals surface area (Å²) in [4.78, 5) is 0. The minimum Gasteiger partial charge on any atom is -0.382 e. The molecule has 0 fully saturated rings. The molecule has 1 aliphatic heterocycles. The van der Waals surface area contributed by atoms with Gasteiger partial charge in [-0.3, -0.25) is 0 Å². The molecular formula is C12H17N. The van der Waals surface area contributed by atoms with Gasteiger partial charge < -0.3 is 5.32 Å². The molecule has 1 aliphatic rings. The molecule has 0 spiro atoms. The fourth-order valence-corrected chi connectivity index (χ4v) is 1.96. The fraction of sp³-hybridized carbons (Fsp3) is 0.500. The summed E-state index contributed by atoms with van der Waals surface area (Å²) in [5.41, 5.74) is 2.81. The summed E-state index contributed by atoms with van der Waals surface area (Å²) < 4.78 is 0. The van der Waals surface area contributed by atoms with Crippen LogP contribution in [0.3, 0.4) is 0 Å². The second kappa shape index (κ2) is 3.41. The van der Waals surface area contributed by atoms with Crippen LogP contribution in [0.5, 0.6) is 0 Å². The van der Waals surface area contributed by atoms with Crippen LogP contribution in [0.25, 0.3) is 0 Å². The molecule has 13 heavy (non-hydrogen) atoms. The van der Waals surface area contributed by atoms with Gasteiger partial charge >= 0.3 is 0 Å². The summed E-state index contributed by atoms with van der Waals surface area (Å²) in [7, 11) is 0. The van der Waals surface area contributed by atoms with Crippen molar-refractivity contribution in [2.45, 2.75) is 32.7 Å². The van der Waals surface area contributed by atoms with Crippen LogP contribution >= 0.6 is 0 Å². The number of rotatable bonds is 1. The number of fused-ring (bicyclic) bond motifs is 1. The average molecular weight is 175 g/mol. The van der Waals surface area contributed by atoms with Gasteiger partial charge in [0.2, 0.25) is 0 Å². The Hall–Kier alpha value is -0.980. The van der Waals surface area contributed by atoms with Gasteiger partial charge in [0.05, 0.1) is 0 Å². The molecule has 1 heteroatoms. The van der Waals surface area contributed by atoms with E-state index in [-0.39, 0.29) is 0 Å². The van der Waals surface area contributed by atoms with Crippen LogP contribution in [-0.4, -0.2) is 6.04 Å². The number of anilines is 1. The maximum Gasteiger partial charge on any atom is 0.0374 e. The summed E-state index contributed by atoms with van der Waals surface area (Å²) >= 11 is 0. The smallest absolute Gasteiger partial charge is 0.0374 e. The summed E-state index contributed by atoms with van der Waals surface area (Å²) in [5, 5.41) is 3.60. The monoisotopic (exact) mass is 175 g/mol. The quantitative estimate of drug-likeness (QED) is 0.691. The van der Waals surface area contributed by atoms with Crippen molar-refractivity contribution in [1.29, 1.82) is 0 Å². The lowest BCUT2D eigenvalue weighted by Crippen LogP contribution is -2.30. The summed E-state index contributed by atoms with van der Waals surface area (Å²) in [5.74, 6) is 0.730. The first-order valence-electron chi connectivity index (χ1n) is 5.12. The van der Waals surface area contributed by atoms with Crippen molar-refractivity contribution >= 4 is 5.69 Å². The molecule has 1 aromatic rings. The Morgan fingerprint density at radius 3 is 2.85 bits per heavy atom. The molecule has 1 nitrogen and oxygen atoms in total. The molecule has 70 valence electrons. The van der Waals surface area contributed by atoms with E-state index in [2.05, 4.69) is 43.4 Å². The second-order valence-corrected chi connectivity index (χ2v) is 4.19. The third kappa shape index (κ3) is 1.69. The van der Waals surface area contributed by atoms with E-state index < -0.39 is 0 Å². The summed E-state index contributed by atoms with van der Waals surface area (Å²) in [6, 6.07) is 9.29. The van der Waals surface area contributed by atoms with Crippen LogP contribution in [0.1, 0.15) is 25.8 Å². The van der Waals surface area contributed by atoms with Crippen LogP contribution in [0.2, 0.25) is 0 Å². The van der Waals surface area contributed by atoms with E-state index in [1.165, 1.54) is 24.1 Å². The highest BCUT2D eigenvalue weighted by atomic mass is 14.9. The number of nitrogens with one attached hydrogen (secondary N) is 1. The lowest BCUT2D eigenvalue weighted by molar-refractivity contribution is 0.483. The van der Waals surface area contributed by atoms with Gasteiger partial charge in [0.15, 0.2) is 0 Å². The van der Waals surface area contributed by atoms with E-state index in [0.717, 1.165) is 5.92 Å². The second-order valence-electron chi connectivity index (χ2n) is 4.19. The van der Waals surface area contributed by atoms with E-state index in [1.807, 2.05) is 0 Å². The molecule has 0 saturated heterocycles. The van der Waals surface area contributed by atoms with Gasteiger partial charge in [-0.05, 0) is 30.4 Å². The number of hydrogen-bond acceptors (Lipinski definition) is 1. The zero-order valence-electron chi connectivity index (χ0n) is 8.38. The van der Waals surface area contributed by atoms with E-state index >= 15 is 0 Å². The van der Waals surface area contributed by atoms with Crippen LogP contribution in [0.4, 0.5) is 5.69 Å². The van der Waals surface area contributed by atoms with Crippen LogP contribution in [-0.2, 0) is 6.42 Å². The molecule has 1 heterocycles. The molecule has 1 N–H and O–H groups in total. The molecule has 0 bridgehead atoms. The zero-order valence-corrected chi connectivity index (χ0v) is 8.38. The predicted octanol–water partition coefficient (Wildman–Crippen LogP) is 3.07. The summed E-state index contributed by atoms with van der Waals surface area (Å²) in [6.45, 7) is 4.57. The van der Waals surface area contributed by atoms with Crippen molar-refractivity contribution in [1.82, 2.24) is 0 Å². The Morgan fingerprint density at radius 2 is 2.08 bits per heavy atom. The Kier molecular flexibility index (Phi) is 2.26. The van der Waals surface area contributed by atoms with Gasteiger partial charge in [-0.25, -0.2) is 0 Å². The number of benzene rings is 1. The Bertz CT molecular complexity index is 291. The van der Waals surface area contributed by atoms with Gasteiger partial charge in [0, 0.05) is 11.7 Å². The third-order valence-electron chi connectivity index (χ3n) is 2.89. The van der Waals surface area contributed by atoms with E-state index in [1.54, 1.807) is 0 Å². The van der Waals surface area contributed by atoms with Crippen LogP contribution in [0, 0.1) is 5.92 Å². The molecule has 0 aliphatic carbocycles. The van der Waals surface area contributed by atoms with E-state index in [9.17, 15) is 0 Å². The molecular weight excluding hydrogens is 158 g/mol. The molecule has 0 unspecified atom stereocenters. The van der Waals surface area contributed by atoms with E-state index in [0.29, 0.717) is 6.04 Å². The zero-order chi connectivity index (χ0) is 9.26. The van der Waals surface area contributed by atoms with Crippen molar-refractivity contribution in [3.8, 4) is 0 Å². The highest BCUT2D eigenvalue weighted by molar-refractivity contribution is 5.53. The number of para-hydroxylation sites is 1. The van der Waals surface area contributed by atoms with Gasteiger partial charge in [0.25, 0.3) is 0 Å². The SMILES string of the molecule is CC(C)[C@@H]1CCc2ccccc2N1. The highest BCUT2D eigenvalue weighted by Gasteiger charge is 2.19. The Labute approximate surface area is 80.2 Å². The molecule has 0 saturated carbocycles. The van der Waals surface area contributed by atoms with Crippen LogP contribution in [0.15, 0.2) is 24.3 Å². The van der Waals surface area contributed by atoms with Crippen molar-refractivity contribution in [2.24, 2.45) is 5.92 Å². The molecule has 2 rings (SSSR count). The largest absolute Gasteiger partial charge is 0.382 e. The standard InChI is InChI=1S/C12H17N/c1-9(2)11-8-7-10-5-3-4-6-12(10)13-11/h3-6,9,11,13H,7-8H2,1-2H3/t11-/m0/s1. The molecule has 0 amide bonds. The lowest BCUT2D eigenvalue weighted by Gasteiger charge is -2.29. The maximum absolute atomic E-state index is 3.60.